The quantitative estimate of drug-likeness (QED) is 0.649. The van der Waals surface area contributed by atoms with E-state index in [-0.39, 0.29) is 0 Å². The van der Waals surface area contributed by atoms with E-state index >= 15 is 0 Å². The van der Waals surface area contributed by atoms with Gasteiger partial charge in [0.2, 0.25) is 0 Å². The van der Waals surface area contributed by atoms with Gasteiger partial charge in [0.15, 0.2) is 0 Å². The first-order valence-corrected chi connectivity index (χ1v) is 7.45. The zero-order chi connectivity index (χ0) is 16.1. The van der Waals surface area contributed by atoms with Crippen molar-refractivity contribution in [3.8, 4) is 11.5 Å². The largest absolute Gasteiger partial charge is 0.497 e. The van der Waals surface area contributed by atoms with Crippen molar-refractivity contribution in [1.29, 1.82) is 0 Å². The van der Waals surface area contributed by atoms with Crippen molar-refractivity contribution in [2.45, 2.75) is 0 Å². The van der Waals surface area contributed by atoms with E-state index in [0.717, 1.165) is 28.6 Å². The van der Waals surface area contributed by atoms with Gasteiger partial charge in [0.1, 0.15) is 11.5 Å². The third-order valence-corrected chi connectivity index (χ3v) is 3.66. The molecule has 3 nitrogen and oxygen atoms in total. The van der Waals surface area contributed by atoms with Gasteiger partial charge in [0.25, 0.3) is 0 Å². The van der Waals surface area contributed by atoms with Crippen LogP contribution in [0.3, 0.4) is 0 Å². The van der Waals surface area contributed by atoms with Gasteiger partial charge in [-0.3, -0.25) is 0 Å². The summed E-state index contributed by atoms with van der Waals surface area (Å²) in [6, 6.07) is 26.3. The van der Waals surface area contributed by atoms with Crippen LogP contribution >= 0.6 is 0 Å². The summed E-state index contributed by atoms with van der Waals surface area (Å²) in [6.07, 6.45) is 0. The predicted molar refractivity (Wildman–Crippen MR) is 94.2 cm³/mol. The molecule has 0 N–H and O–H groups in total. The number of anilines is 3. The van der Waals surface area contributed by atoms with Crippen molar-refractivity contribution >= 4 is 17.1 Å². The number of methoxy groups -OCH3 is 2. The minimum Gasteiger partial charge on any atom is -0.497 e. The number of para-hydroxylation sites is 2. The summed E-state index contributed by atoms with van der Waals surface area (Å²) in [7, 11) is 3.33. The van der Waals surface area contributed by atoms with Crippen LogP contribution in [0.2, 0.25) is 0 Å². The van der Waals surface area contributed by atoms with E-state index in [1.54, 1.807) is 14.2 Å². The van der Waals surface area contributed by atoms with E-state index in [4.69, 9.17) is 9.47 Å². The summed E-state index contributed by atoms with van der Waals surface area (Å²) in [4.78, 5) is 2.16. The second-order valence-electron chi connectivity index (χ2n) is 5.04. The van der Waals surface area contributed by atoms with Crippen LogP contribution in [0.1, 0.15) is 0 Å². The molecule has 23 heavy (non-hydrogen) atoms. The zero-order valence-electron chi connectivity index (χ0n) is 13.3. The molecule has 3 rings (SSSR count). The van der Waals surface area contributed by atoms with Crippen LogP contribution in [0.15, 0.2) is 78.9 Å². The lowest BCUT2D eigenvalue weighted by Crippen LogP contribution is -2.11. The fourth-order valence-corrected chi connectivity index (χ4v) is 2.55. The fourth-order valence-electron chi connectivity index (χ4n) is 2.55. The molecule has 116 valence electrons. The second-order valence-corrected chi connectivity index (χ2v) is 5.04. The number of benzene rings is 3. The van der Waals surface area contributed by atoms with Crippen LogP contribution in [0.25, 0.3) is 0 Å². The van der Waals surface area contributed by atoms with E-state index in [1.807, 2.05) is 54.6 Å². The molecule has 0 aliphatic rings. The van der Waals surface area contributed by atoms with Gasteiger partial charge in [-0.1, -0.05) is 36.4 Å². The maximum Gasteiger partial charge on any atom is 0.146 e. The molecule has 0 aliphatic carbocycles. The molecule has 0 aromatic heterocycles. The minimum atomic E-state index is 0.761. The topological polar surface area (TPSA) is 21.7 Å². The molecule has 0 heterocycles. The Labute approximate surface area is 136 Å². The van der Waals surface area contributed by atoms with Crippen molar-refractivity contribution in [2.75, 3.05) is 19.1 Å². The summed E-state index contributed by atoms with van der Waals surface area (Å²) in [5.74, 6) is 1.53. The molecule has 0 saturated carbocycles. The smallest absolute Gasteiger partial charge is 0.146 e. The molecule has 0 amide bonds. The average molecular weight is 305 g/mol. The molecule has 3 aromatic carbocycles. The normalized spacial score (nSPS) is 10.2. The van der Waals surface area contributed by atoms with Gasteiger partial charge in [-0.2, -0.15) is 0 Å². The molecule has 0 aliphatic heterocycles. The minimum absolute atomic E-state index is 0.761. The van der Waals surface area contributed by atoms with Crippen molar-refractivity contribution < 1.29 is 9.47 Å². The Morgan fingerprint density at radius 2 is 1.22 bits per heavy atom. The van der Waals surface area contributed by atoms with Crippen molar-refractivity contribution in [3.05, 3.63) is 78.9 Å². The molecule has 0 spiro atoms. The standard InChI is InChI=1S/C20H19NO2/c1-22-18-13-14-19(20(15-18)23-2)21(16-9-5-3-6-10-16)17-11-7-4-8-12-17/h3-15H,1-2H3. The first-order valence-electron chi connectivity index (χ1n) is 7.45. The number of rotatable bonds is 5. The van der Waals surface area contributed by atoms with Crippen molar-refractivity contribution in [1.82, 2.24) is 0 Å². The summed E-state index contributed by atoms with van der Waals surface area (Å²) < 4.78 is 10.9. The lowest BCUT2D eigenvalue weighted by molar-refractivity contribution is 0.395. The van der Waals surface area contributed by atoms with E-state index in [2.05, 4.69) is 29.2 Å². The summed E-state index contributed by atoms with van der Waals surface area (Å²) >= 11 is 0. The summed E-state index contributed by atoms with van der Waals surface area (Å²) in [5, 5.41) is 0. The summed E-state index contributed by atoms with van der Waals surface area (Å²) in [5.41, 5.74) is 3.11. The predicted octanol–water partition coefficient (Wildman–Crippen LogP) is 5.17. The van der Waals surface area contributed by atoms with Crippen LogP contribution in [0.5, 0.6) is 11.5 Å². The van der Waals surface area contributed by atoms with Crippen LogP contribution in [0, 0.1) is 0 Å². The first kappa shape index (κ1) is 15.0. The number of ether oxygens (including phenoxy) is 2. The Morgan fingerprint density at radius 1 is 0.652 bits per heavy atom. The third-order valence-electron chi connectivity index (χ3n) is 3.66. The lowest BCUT2D eigenvalue weighted by atomic mass is 10.1. The maximum atomic E-state index is 5.59. The van der Waals surface area contributed by atoms with Crippen LogP contribution < -0.4 is 14.4 Å². The molecule has 0 unspecified atom stereocenters. The monoisotopic (exact) mass is 305 g/mol. The highest BCUT2D eigenvalue weighted by atomic mass is 16.5. The second kappa shape index (κ2) is 6.88. The number of nitrogens with zero attached hydrogens (tertiary/aromatic N) is 1. The van der Waals surface area contributed by atoms with Gasteiger partial charge in [0.05, 0.1) is 19.9 Å². The first-order chi connectivity index (χ1) is 11.3. The van der Waals surface area contributed by atoms with E-state index < -0.39 is 0 Å². The molecule has 0 saturated heterocycles. The Hall–Kier alpha value is -2.94. The Bertz CT molecular complexity index is 718. The van der Waals surface area contributed by atoms with E-state index in [1.165, 1.54) is 0 Å². The Balaban J connectivity index is 2.17. The third kappa shape index (κ3) is 3.14. The van der Waals surface area contributed by atoms with Crippen LogP contribution in [-0.2, 0) is 0 Å². The molecule has 0 atom stereocenters. The maximum absolute atomic E-state index is 5.59. The average Bonchev–Trinajstić information content (AvgIpc) is 2.64. The molecule has 0 radical (unpaired) electrons. The van der Waals surface area contributed by atoms with E-state index in [9.17, 15) is 0 Å². The lowest BCUT2D eigenvalue weighted by Gasteiger charge is -2.27. The highest BCUT2D eigenvalue weighted by Gasteiger charge is 2.16. The fraction of sp³-hybridized carbons (Fsp3) is 0.100. The summed E-state index contributed by atoms with van der Waals surface area (Å²) in [6.45, 7) is 0. The van der Waals surface area contributed by atoms with Crippen LogP contribution in [-0.4, -0.2) is 14.2 Å². The van der Waals surface area contributed by atoms with E-state index in [0.29, 0.717) is 0 Å². The van der Waals surface area contributed by atoms with Gasteiger partial charge >= 0.3 is 0 Å². The van der Waals surface area contributed by atoms with Crippen LogP contribution in [0.4, 0.5) is 17.1 Å². The molecule has 0 bridgehead atoms. The molecular formula is C20H19NO2. The zero-order valence-corrected chi connectivity index (χ0v) is 13.3. The van der Waals surface area contributed by atoms with Gasteiger partial charge in [-0.05, 0) is 36.4 Å². The highest BCUT2D eigenvalue weighted by molar-refractivity contribution is 5.80. The molecule has 3 aromatic rings. The van der Waals surface area contributed by atoms with Gasteiger partial charge < -0.3 is 14.4 Å². The van der Waals surface area contributed by atoms with Crippen molar-refractivity contribution in [2.24, 2.45) is 0 Å². The number of hydrogen-bond acceptors (Lipinski definition) is 3. The van der Waals surface area contributed by atoms with Gasteiger partial charge in [-0.15, -0.1) is 0 Å². The molecule has 3 heteroatoms. The number of hydrogen-bond donors (Lipinski definition) is 0. The SMILES string of the molecule is COc1ccc(N(c2ccccc2)c2ccccc2)c(OC)c1. The Kier molecular flexibility index (Phi) is 4.48. The van der Waals surface area contributed by atoms with Crippen molar-refractivity contribution in [3.63, 3.8) is 0 Å². The Morgan fingerprint density at radius 3 is 1.70 bits per heavy atom. The van der Waals surface area contributed by atoms with Gasteiger partial charge in [0, 0.05) is 17.4 Å². The highest BCUT2D eigenvalue weighted by Crippen LogP contribution is 2.41. The molecule has 0 fully saturated rings. The van der Waals surface area contributed by atoms with Gasteiger partial charge in [-0.25, -0.2) is 0 Å². The molecular weight excluding hydrogens is 286 g/mol.